The number of thioether (sulfide) groups is 1. The number of rotatable bonds is 8. The number of hydrogen-bond acceptors (Lipinski definition) is 2. The highest BCUT2D eigenvalue weighted by Crippen LogP contribution is 2.03. The van der Waals surface area contributed by atoms with Gasteiger partial charge in [0.1, 0.15) is 0 Å². The molecule has 0 saturated heterocycles. The van der Waals surface area contributed by atoms with Gasteiger partial charge in [0, 0.05) is 12.4 Å². The van der Waals surface area contributed by atoms with E-state index in [0.29, 0.717) is 0 Å². The van der Waals surface area contributed by atoms with Gasteiger partial charge >= 0.3 is 0 Å². The molecule has 0 N–H and O–H groups in total. The summed E-state index contributed by atoms with van der Waals surface area (Å²) in [6.45, 7) is 6.23. The zero-order chi connectivity index (χ0) is 8.36. The Bertz CT molecular complexity index is 58.6. The Hall–Kier alpha value is 0.310. The van der Waals surface area contributed by atoms with E-state index in [1.54, 1.807) is 0 Å². The maximum absolute atomic E-state index is 5.34. The van der Waals surface area contributed by atoms with Gasteiger partial charge in [-0.25, -0.2) is 0 Å². The first-order valence-corrected chi connectivity index (χ1v) is 5.72. The van der Waals surface area contributed by atoms with Crippen molar-refractivity contribution in [3.63, 3.8) is 0 Å². The summed E-state index contributed by atoms with van der Waals surface area (Å²) >= 11 is 2.00. The Labute approximate surface area is 74.9 Å². The Kier molecular flexibility index (Phi) is 10.6. The third-order valence-corrected chi connectivity index (χ3v) is 2.40. The summed E-state index contributed by atoms with van der Waals surface area (Å²) in [5.74, 6) is 2.46. The molecule has 0 spiro atoms. The molecule has 0 amide bonds. The Morgan fingerprint density at radius 3 is 2.45 bits per heavy atom. The summed E-state index contributed by atoms with van der Waals surface area (Å²) in [5, 5.41) is 0. The molecule has 0 aromatic heterocycles. The van der Waals surface area contributed by atoms with Gasteiger partial charge in [-0.1, -0.05) is 20.3 Å². The summed E-state index contributed by atoms with van der Waals surface area (Å²) < 4.78 is 5.34. The monoisotopic (exact) mass is 176 g/mol. The van der Waals surface area contributed by atoms with E-state index in [-0.39, 0.29) is 0 Å². The van der Waals surface area contributed by atoms with E-state index in [4.69, 9.17) is 4.74 Å². The molecule has 0 aliphatic rings. The molecule has 2 heteroatoms. The zero-order valence-corrected chi connectivity index (χ0v) is 8.58. The predicted octanol–water partition coefficient (Wildman–Crippen LogP) is 2.95. The SMILES string of the molecule is CCCCSCCOCCC. The number of hydrogen-bond donors (Lipinski definition) is 0. The van der Waals surface area contributed by atoms with Gasteiger partial charge in [-0.3, -0.25) is 0 Å². The first-order valence-electron chi connectivity index (χ1n) is 4.57. The van der Waals surface area contributed by atoms with Crippen molar-refractivity contribution in [1.82, 2.24) is 0 Å². The fourth-order valence-electron chi connectivity index (χ4n) is 0.713. The lowest BCUT2D eigenvalue weighted by Gasteiger charge is -2.01. The van der Waals surface area contributed by atoms with Crippen LogP contribution in [-0.4, -0.2) is 24.7 Å². The Balaban J connectivity index is 2.69. The Morgan fingerprint density at radius 1 is 1.00 bits per heavy atom. The smallest absolute Gasteiger partial charge is 0.0556 e. The van der Waals surface area contributed by atoms with Gasteiger partial charge in [0.2, 0.25) is 0 Å². The fourth-order valence-corrected chi connectivity index (χ4v) is 1.65. The largest absolute Gasteiger partial charge is 0.381 e. The predicted molar refractivity (Wildman–Crippen MR) is 53.3 cm³/mol. The lowest BCUT2D eigenvalue weighted by molar-refractivity contribution is 0.151. The van der Waals surface area contributed by atoms with E-state index in [1.165, 1.54) is 24.3 Å². The average molecular weight is 176 g/mol. The van der Waals surface area contributed by atoms with Gasteiger partial charge in [0.05, 0.1) is 6.61 Å². The molecule has 0 bridgehead atoms. The van der Waals surface area contributed by atoms with Crippen molar-refractivity contribution in [2.75, 3.05) is 24.7 Å². The maximum atomic E-state index is 5.34. The molecular formula is C9H20OS. The molecule has 0 unspecified atom stereocenters. The highest BCUT2D eigenvalue weighted by Gasteiger charge is 1.88. The van der Waals surface area contributed by atoms with Crippen molar-refractivity contribution in [2.24, 2.45) is 0 Å². The van der Waals surface area contributed by atoms with Crippen LogP contribution in [0.5, 0.6) is 0 Å². The summed E-state index contributed by atoms with van der Waals surface area (Å²) in [4.78, 5) is 0. The minimum atomic E-state index is 0.925. The van der Waals surface area contributed by atoms with Gasteiger partial charge in [-0.15, -0.1) is 0 Å². The van der Waals surface area contributed by atoms with Gasteiger partial charge in [0.15, 0.2) is 0 Å². The van der Waals surface area contributed by atoms with Gasteiger partial charge in [-0.05, 0) is 18.6 Å². The van der Waals surface area contributed by atoms with Crippen LogP contribution in [0.25, 0.3) is 0 Å². The molecule has 0 aliphatic heterocycles. The highest BCUT2D eigenvalue weighted by molar-refractivity contribution is 7.99. The van der Waals surface area contributed by atoms with E-state index in [9.17, 15) is 0 Å². The molecule has 0 heterocycles. The van der Waals surface area contributed by atoms with Crippen LogP contribution in [0.2, 0.25) is 0 Å². The van der Waals surface area contributed by atoms with Crippen molar-refractivity contribution in [1.29, 1.82) is 0 Å². The van der Waals surface area contributed by atoms with Crippen molar-refractivity contribution in [3.8, 4) is 0 Å². The molecule has 0 atom stereocenters. The second kappa shape index (κ2) is 10.3. The minimum Gasteiger partial charge on any atom is -0.381 e. The second-order valence-electron chi connectivity index (χ2n) is 2.58. The van der Waals surface area contributed by atoms with E-state index in [0.717, 1.165) is 19.6 Å². The van der Waals surface area contributed by atoms with E-state index in [1.807, 2.05) is 11.8 Å². The summed E-state index contributed by atoms with van der Waals surface area (Å²) in [6.07, 6.45) is 3.79. The maximum Gasteiger partial charge on any atom is 0.0556 e. The fraction of sp³-hybridized carbons (Fsp3) is 1.00. The van der Waals surface area contributed by atoms with Crippen LogP contribution in [0.1, 0.15) is 33.1 Å². The topological polar surface area (TPSA) is 9.23 Å². The molecule has 0 fully saturated rings. The molecular weight excluding hydrogens is 156 g/mol. The highest BCUT2D eigenvalue weighted by atomic mass is 32.2. The molecule has 68 valence electrons. The zero-order valence-electron chi connectivity index (χ0n) is 7.77. The molecule has 1 nitrogen and oxygen atoms in total. The molecule has 0 rings (SSSR count). The van der Waals surface area contributed by atoms with Crippen LogP contribution in [0.15, 0.2) is 0 Å². The molecule has 0 saturated carbocycles. The first-order chi connectivity index (χ1) is 5.41. The normalized spacial score (nSPS) is 10.4. The van der Waals surface area contributed by atoms with E-state index < -0.39 is 0 Å². The standard InChI is InChI=1S/C9H20OS/c1-3-5-8-11-9-7-10-6-4-2/h3-9H2,1-2H3. The van der Waals surface area contributed by atoms with Crippen LogP contribution in [0.3, 0.4) is 0 Å². The molecule has 0 aromatic rings. The lowest BCUT2D eigenvalue weighted by atomic mass is 10.4. The van der Waals surface area contributed by atoms with Crippen LogP contribution in [0.4, 0.5) is 0 Å². The van der Waals surface area contributed by atoms with Crippen LogP contribution in [-0.2, 0) is 4.74 Å². The minimum absolute atomic E-state index is 0.925. The average Bonchev–Trinajstić information content (AvgIpc) is 2.03. The van der Waals surface area contributed by atoms with Crippen LogP contribution >= 0.6 is 11.8 Å². The quantitative estimate of drug-likeness (QED) is 0.526. The number of unbranched alkanes of at least 4 members (excludes halogenated alkanes) is 1. The second-order valence-corrected chi connectivity index (χ2v) is 3.80. The molecule has 0 aromatic carbocycles. The van der Waals surface area contributed by atoms with Gasteiger partial charge in [0.25, 0.3) is 0 Å². The Morgan fingerprint density at radius 2 is 1.82 bits per heavy atom. The van der Waals surface area contributed by atoms with Crippen molar-refractivity contribution < 1.29 is 4.74 Å². The number of ether oxygens (including phenoxy) is 1. The van der Waals surface area contributed by atoms with Crippen molar-refractivity contribution in [3.05, 3.63) is 0 Å². The van der Waals surface area contributed by atoms with Crippen LogP contribution < -0.4 is 0 Å². The molecule has 11 heavy (non-hydrogen) atoms. The van der Waals surface area contributed by atoms with Crippen LogP contribution in [0, 0.1) is 0 Å². The summed E-state index contributed by atoms with van der Waals surface area (Å²) in [6, 6.07) is 0. The molecule has 0 radical (unpaired) electrons. The summed E-state index contributed by atoms with van der Waals surface area (Å²) in [7, 11) is 0. The lowest BCUT2D eigenvalue weighted by Crippen LogP contribution is -1.98. The molecule has 0 aliphatic carbocycles. The third kappa shape index (κ3) is 10.3. The summed E-state index contributed by atoms with van der Waals surface area (Å²) in [5.41, 5.74) is 0. The van der Waals surface area contributed by atoms with E-state index in [2.05, 4.69) is 13.8 Å². The van der Waals surface area contributed by atoms with Gasteiger partial charge in [-0.2, -0.15) is 11.8 Å². The third-order valence-electron chi connectivity index (χ3n) is 1.36. The van der Waals surface area contributed by atoms with Crippen molar-refractivity contribution in [2.45, 2.75) is 33.1 Å². The van der Waals surface area contributed by atoms with Crippen molar-refractivity contribution >= 4 is 11.8 Å². The van der Waals surface area contributed by atoms with Gasteiger partial charge < -0.3 is 4.74 Å². The van der Waals surface area contributed by atoms with E-state index >= 15 is 0 Å². The first kappa shape index (κ1) is 11.3.